The minimum Gasteiger partial charge on any atom is -0.356 e. The normalized spacial score (nSPS) is 12.1. The maximum absolute atomic E-state index is 4.79. The number of nitrogens with zero attached hydrogens (tertiary/aromatic N) is 4. The van der Waals surface area contributed by atoms with E-state index in [2.05, 4.69) is 59.3 Å². The molecule has 3 heterocycles. The maximum Gasteiger partial charge on any atom is 0.161 e. The van der Waals surface area contributed by atoms with Crippen LogP contribution in [0.3, 0.4) is 0 Å². The van der Waals surface area contributed by atoms with Crippen molar-refractivity contribution in [3.05, 3.63) is 58.7 Å². The van der Waals surface area contributed by atoms with Crippen LogP contribution in [0, 0.1) is 0 Å². The van der Waals surface area contributed by atoms with Crippen LogP contribution in [-0.4, -0.2) is 28.0 Å². The van der Waals surface area contributed by atoms with E-state index in [1.54, 1.807) is 23.7 Å². The lowest BCUT2D eigenvalue weighted by Crippen LogP contribution is -2.31. The van der Waals surface area contributed by atoms with Gasteiger partial charge in [0.1, 0.15) is 5.82 Å². The molecule has 0 fully saturated rings. The largest absolute Gasteiger partial charge is 0.356 e. The van der Waals surface area contributed by atoms with Crippen molar-refractivity contribution in [1.29, 1.82) is 0 Å². The van der Waals surface area contributed by atoms with Gasteiger partial charge in [0.15, 0.2) is 5.82 Å². The third-order valence-electron chi connectivity index (χ3n) is 4.17. The Morgan fingerprint density at radius 1 is 1.17 bits per heavy atom. The molecular formula is C19H22N4S. The van der Waals surface area contributed by atoms with Crippen molar-refractivity contribution in [2.75, 3.05) is 11.9 Å². The van der Waals surface area contributed by atoms with E-state index >= 15 is 0 Å². The minimum absolute atomic E-state index is 0.369. The lowest BCUT2D eigenvalue weighted by molar-refractivity contribution is 0.678. The van der Waals surface area contributed by atoms with Crippen molar-refractivity contribution in [2.45, 2.75) is 32.7 Å². The summed E-state index contributed by atoms with van der Waals surface area (Å²) in [7, 11) is 2.11. The standard InChI is InChI=1S/C19H22N4S/c1-4-16-13-18(22-19(21-16)15-7-9-20-10-8-15)23(3)14(2)12-17-6-5-11-24-17/h5-11,13-14H,4,12H2,1-3H3. The molecule has 0 aliphatic carbocycles. The first-order valence-corrected chi connectivity index (χ1v) is 9.09. The Morgan fingerprint density at radius 2 is 1.96 bits per heavy atom. The average molecular weight is 338 g/mol. The number of hydrogen-bond donors (Lipinski definition) is 0. The quantitative estimate of drug-likeness (QED) is 0.674. The van der Waals surface area contributed by atoms with Gasteiger partial charge in [0.05, 0.1) is 0 Å². The van der Waals surface area contributed by atoms with Crippen LogP contribution in [0.4, 0.5) is 5.82 Å². The molecule has 1 atom stereocenters. The zero-order valence-electron chi connectivity index (χ0n) is 14.3. The fraction of sp³-hybridized carbons (Fsp3) is 0.316. The topological polar surface area (TPSA) is 41.9 Å². The number of hydrogen-bond acceptors (Lipinski definition) is 5. The summed E-state index contributed by atoms with van der Waals surface area (Å²) in [5.74, 6) is 1.74. The molecule has 3 aromatic rings. The van der Waals surface area contributed by atoms with Gasteiger partial charge < -0.3 is 4.90 Å². The molecule has 0 radical (unpaired) electrons. The van der Waals surface area contributed by atoms with Crippen LogP contribution in [0.1, 0.15) is 24.4 Å². The highest BCUT2D eigenvalue weighted by Crippen LogP contribution is 2.22. The summed E-state index contributed by atoms with van der Waals surface area (Å²) in [6.45, 7) is 4.36. The molecule has 0 saturated carbocycles. The van der Waals surface area contributed by atoms with Crippen LogP contribution in [0.15, 0.2) is 48.1 Å². The van der Waals surface area contributed by atoms with Gasteiger partial charge in [0.25, 0.3) is 0 Å². The van der Waals surface area contributed by atoms with Gasteiger partial charge >= 0.3 is 0 Å². The molecular weight excluding hydrogens is 316 g/mol. The second-order valence-electron chi connectivity index (χ2n) is 5.87. The predicted octanol–water partition coefficient (Wildman–Crippen LogP) is 4.23. The fourth-order valence-corrected chi connectivity index (χ4v) is 3.38. The minimum atomic E-state index is 0.369. The van der Waals surface area contributed by atoms with Gasteiger partial charge in [-0.15, -0.1) is 11.3 Å². The summed E-state index contributed by atoms with van der Waals surface area (Å²) < 4.78 is 0. The van der Waals surface area contributed by atoms with Crippen molar-refractivity contribution in [2.24, 2.45) is 0 Å². The van der Waals surface area contributed by atoms with Crippen molar-refractivity contribution >= 4 is 17.2 Å². The molecule has 124 valence electrons. The molecule has 5 heteroatoms. The van der Waals surface area contributed by atoms with Crippen LogP contribution in [0.5, 0.6) is 0 Å². The molecule has 24 heavy (non-hydrogen) atoms. The van der Waals surface area contributed by atoms with E-state index in [1.165, 1.54) is 4.88 Å². The highest BCUT2D eigenvalue weighted by atomic mass is 32.1. The SMILES string of the molecule is CCc1cc(N(C)C(C)Cc2cccs2)nc(-c2ccncc2)n1. The van der Waals surface area contributed by atoms with Gasteiger partial charge in [-0.1, -0.05) is 13.0 Å². The van der Waals surface area contributed by atoms with E-state index in [0.29, 0.717) is 6.04 Å². The summed E-state index contributed by atoms with van der Waals surface area (Å²) >= 11 is 1.81. The highest BCUT2D eigenvalue weighted by molar-refractivity contribution is 7.09. The molecule has 0 aliphatic rings. The van der Waals surface area contributed by atoms with E-state index in [1.807, 2.05) is 12.1 Å². The maximum atomic E-state index is 4.79. The Balaban J connectivity index is 1.89. The van der Waals surface area contributed by atoms with Gasteiger partial charge in [0.2, 0.25) is 0 Å². The molecule has 0 aromatic carbocycles. The van der Waals surface area contributed by atoms with Crippen molar-refractivity contribution < 1.29 is 0 Å². The first-order valence-electron chi connectivity index (χ1n) is 8.21. The van der Waals surface area contributed by atoms with E-state index in [-0.39, 0.29) is 0 Å². The summed E-state index contributed by atoms with van der Waals surface area (Å²) in [5, 5.41) is 2.13. The second kappa shape index (κ2) is 7.53. The van der Waals surface area contributed by atoms with E-state index in [0.717, 1.165) is 35.7 Å². The van der Waals surface area contributed by atoms with Crippen molar-refractivity contribution in [3.8, 4) is 11.4 Å². The summed E-state index contributed by atoms with van der Waals surface area (Å²) in [6, 6.07) is 10.7. The molecule has 0 spiro atoms. The lowest BCUT2D eigenvalue weighted by Gasteiger charge is -2.26. The third-order valence-corrected chi connectivity index (χ3v) is 5.06. The molecule has 3 rings (SSSR count). The predicted molar refractivity (Wildman–Crippen MR) is 101 cm³/mol. The number of rotatable bonds is 6. The first kappa shape index (κ1) is 16.6. The highest BCUT2D eigenvalue weighted by Gasteiger charge is 2.15. The molecule has 0 N–H and O–H groups in total. The number of thiophene rings is 1. The monoisotopic (exact) mass is 338 g/mol. The van der Waals surface area contributed by atoms with Crippen LogP contribution in [-0.2, 0) is 12.8 Å². The lowest BCUT2D eigenvalue weighted by atomic mass is 10.1. The molecule has 0 amide bonds. The summed E-state index contributed by atoms with van der Waals surface area (Å²) in [5.41, 5.74) is 2.06. The Hall–Kier alpha value is -2.27. The van der Waals surface area contributed by atoms with Gasteiger partial charge in [0, 0.05) is 54.1 Å². The van der Waals surface area contributed by atoms with Gasteiger partial charge in [-0.3, -0.25) is 4.98 Å². The van der Waals surface area contributed by atoms with E-state index in [4.69, 9.17) is 4.98 Å². The van der Waals surface area contributed by atoms with Crippen LogP contribution >= 0.6 is 11.3 Å². The third kappa shape index (κ3) is 3.79. The number of aromatic nitrogens is 3. The Morgan fingerprint density at radius 3 is 2.62 bits per heavy atom. The number of aryl methyl sites for hydroxylation is 1. The zero-order chi connectivity index (χ0) is 16.9. The molecule has 3 aromatic heterocycles. The second-order valence-corrected chi connectivity index (χ2v) is 6.91. The van der Waals surface area contributed by atoms with Crippen LogP contribution in [0.25, 0.3) is 11.4 Å². The zero-order valence-corrected chi connectivity index (χ0v) is 15.1. The molecule has 4 nitrogen and oxygen atoms in total. The van der Waals surface area contributed by atoms with Gasteiger partial charge in [-0.2, -0.15) is 0 Å². The number of pyridine rings is 1. The smallest absolute Gasteiger partial charge is 0.161 e. The Labute approximate surface area is 147 Å². The Kier molecular flexibility index (Phi) is 5.20. The number of anilines is 1. The Bertz CT molecular complexity index is 771. The van der Waals surface area contributed by atoms with Gasteiger partial charge in [-0.05, 0) is 36.9 Å². The summed E-state index contributed by atoms with van der Waals surface area (Å²) in [6.07, 6.45) is 5.46. The average Bonchev–Trinajstić information content (AvgIpc) is 3.14. The molecule has 1 unspecified atom stereocenters. The van der Waals surface area contributed by atoms with Crippen molar-refractivity contribution in [3.63, 3.8) is 0 Å². The van der Waals surface area contributed by atoms with Gasteiger partial charge in [-0.25, -0.2) is 9.97 Å². The molecule has 0 saturated heterocycles. The first-order chi connectivity index (χ1) is 11.7. The molecule has 0 aliphatic heterocycles. The van der Waals surface area contributed by atoms with Crippen molar-refractivity contribution in [1.82, 2.24) is 15.0 Å². The molecule has 0 bridgehead atoms. The van der Waals surface area contributed by atoms with E-state index in [9.17, 15) is 0 Å². The van der Waals surface area contributed by atoms with Crippen LogP contribution in [0.2, 0.25) is 0 Å². The number of likely N-dealkylation sites (N-methyl/N-ethyl adjacent to an activating group) is 1. The van der Waals surface area contributed by atoms with E-state index < -0.39 is 0 Å². The van der Waals surface area contributed by atoms with Crippen LogP contribution < -0.4 is 4.90 Å². The fourth-order valence-electron chi connectivity index (χ4n) is 2.56. The summed E-state index contributed by atoms with van der Waals surface area (Å²) in [4.78, 5) is 17.2.